The number of hydrogen-bond acceptors (Lipinski definition) is 2. The van der Waals surface area contributed by atoms with Gasteiger partial charge in [-0.2, -0.15) is 0 Å². The Labute approximate surface area is 122 Å². The van der Waals surface area contributed by atoms with Crippen LogP contribution in [-0.2, 0) is 4.79 Å². The van der Waals surface area contributed by atoms with Gasteiger partial charge < -0.3 is 15.7 Å². The average molecular weight is 286 g/mol. The van der Waals surface area contributed by atoms with Gasteiger partial charge in [-0.3, -0.25) is 0 Å². The second-order valence-corrected chi connectivity index (χ2v) is 6.41. The first-order valence-corrected chi connectivity index (χ1v) is 7.49. The predicted molar refractivity (Wildman–Crippen MR) is 80.7 cm³/mol. The van der Waals surface area contributed by atoms with Crippen molar-refractivity contribution in [2.75, 3.05) is 6.54 Å². The molecule has 2 amide bonds. The van der Waals surface area contributed by atoms with Crippen LogP contribution < -0.4 is 10.6 Å². The van der Waals surface area contributed by atoms with Crippen molar-refractivity contribution in [2.24, 2.45) is 11.3 Å². The van der Waals surface area contributed by atoms with E-state index in [0.29, 0.717) is 12.5 Å². The van der Waals surface area contributed by atoms with Crippen molar-refractivity contribution >= 4 is 12.0 Å². The van der Waals surface area contributed by atoms with Crippen LogP contribution in [0.3, 0.4) is 0 Å². The third kappa shape index (κ3) is 7.36. The van der Waals surface area contributed by atoms with Crippen LogP contribution in [0.2, 0.25) is 0 Å². The molecule has 0 aromatic heterocycles. The second kappa shape index (κ2) is 8.82. The molecule has 5 nitrogen and oxygen atoms in total. The highest BCUT2D eigenvalue weighted by Gasteiger charge is 2.32. The second-order valence-electron chi connectivity index (χ2n) is 6.41. The van der Waals surface area contributed by atoms with Crippen molar-refractivity contribution in [1.82, 2.24) is 10.6 Å². The Hall–Kier alpha value is -1.26. The van der Waals surface area contributed by atoms with Gasteiger partial charge in [-0.25, -0.2) is 9.59 Å². The molecule has 3 N–H and O–H groups in total. The summed E-state index contributed by atoms with van der Waals surface area (Å²) < 4.78 is 0. The number of nitrogens with one attached hydrogen (secondary N) is 2. The van der Waals surface area contributed by atoms with E-state index in [9.17, 15) is 9.59 Å². The topological polar surface area (TPSA) is 78.4 Å². The van der Waals surface area contributed by atoms with E-state index in [4.69, 9.17) is 5.11 Å². The molecule has 0 bridgehead atoms. The summed E-state index contributed by atoms with van der Waals surface area (Å²) in [5.74, 6) is -0.552. The number of carbonyl (C=O) groups excluding carboxylic acids is 1. The molecule has 0 aromatic carbocycles. The molecule has 2 atom stereocenters. The first-order valence-electron chi connectivity index (χ1n) is 7.49. The highest BCUT2D eigenvalue weighted by molar-refractivity contribution is 5.83. The standard InChI is InChI=1S/C15H30N2O3/c1-6-8-9-11(7-2)10-16-14(20)17-12(13(18)19)15(3,4)5/h11-12H,6-10H2,1-5H3,(H,18,19)(H2,16,17,20)/t11?,12-/m0/s1. The van der Waals surface area contributed by atoms with E-state index in [1.807, 2.05) is 0 Å². The van der Waals surface area contributed by atoms with Gasteiger partial charge in [0.1, 0.15) is 6.04 Å². The van der Waals surface area contributed by atoms with Crippen LogP contribution in [0, 0.1) is 11.3 Å². The lowest BCUT2D eigenvalue weighted by atomic mass is 9.87. The number of hydrogen-bond donors (Lipinski definition) is 3. The van der Waals surface area contributed by atoms with Crippen molar-refractivity contribution in [2.45, 2.75) is 66.3 Å². The van der Waals surface area contributed by atoms with Crippen LogP contribution >= 0.6 is 0 Å². The summed E-state index contributed by atoms with van der Waals surface area (Å²) >= 11 is 0. The van der Waals surface area contributed by atoms with Gasteiger partial charge in [0.2, 0.25) is 0 Å². The zero-order valence-electron chi connectivity index (χ0n) is 13.5. The third-order valence-electron chi connectivity index (χ3n) is 3.48. The lowest BCUT2D eigenvalue weighted by molar-refractivity contribution is -0.141. The molecule has 0 spiro atoms. The molecular weight excluding hydrogens is 256 g/mol. The molecule has 0 saturated carbocycles. The fourth-order valence-corrected chi connectivity index (χ4v) is 2.01. The maximum absolute atomic E-state index is 11.8. The Bertz CT molecular complexity index is 311. The van der Waals surface area contributed by atoms with Crippen molar-refractivity contribution in [1.29, 1.82) is 0 Å². The van der Waals surface area contributed by atoms with Gasteiger partial charge in [-0.05, 0) is 17.8 Å². The highest BCUT2D eigenvalue weighted by atomic mass is 16.4. The molecule has 118 valence electrons. The van der Waals surface area contributed by atoms with E-state index >= 15 is 0 Å². The Morgan fingerprint density at radius 3 is 2.20 bits per heavy atom. The van der Waals surface area contributed by atoms with Gasteiger partial charge in [0.15, 0.2) is 0 Å². The van der Waals surface area contributed by atoms with E-state index in [0.717, 1.165) is 25.7 Å². The van der Waals surface area contributed by atoms with Crippen LogP contribution in [0.15, 0.2) is 0 Å². The maximum atomic E-state index is 11.8. The Balaban J connectivity index is 4.29. The molecule has 0 aliphatic heterocycles. The number of aliphatic carboxylic acids is 1. The summed E-state index contributed by atoms with van der Waals surface area (Å²) in [5, 5.41) is 14.5. The lowest BCUT2D eigenvalue weighted by Crippen LogP contribution is -2.52. The van der Waals surface area contributed by atoms with Crippen molar-refractivity contribution in [3.8, 4) is 0 Å². The number of rotatable bonds is 8. The van der Waals surface area contributed by atoms with E-state index in [2.05, 4.69) is 24.5 Å². The van der Waals surface area contributed by atoms with Crippen LogP contribution in [0.5, 0.6) is 0 Å². The first-order chi connectivity index (χ1) is 9.22. The maximum Gasteiger partial charge on any atom is 0.326 e. The Morgan fingerprint density at radius 2 is 1.80 bits per heavy atom. The number of carboxylic acids is 1. The Kier molecular flexibility index (Phi) is 8.26. The largest absolute Gasteiger partial charge is 0.480 e. The number of unbranched alkanes of at least 4 members (excludes halogenated alkanes) is 1. The zero-order chi connectivity index (χ0) is 15.8. The number of carboxylic acid groups (broad SMARTS) is 1. The quantitative estimate of drug-likeness (QED) is 0.642. The molecule has 0 rings (SSSR count). The molecule has 5 heteroatoms. The lowest BCUT2D eigenvalue weighted by Gasteiger charge is -2.28. The average Bonchev–Trinajstić information content (AvgIpc) is 2.34. The monoisotopic (exact) mass is 286 g/mol. The fourth-order valence-electron chi connectivity index (χ4n) is 2.01. The highest BCUT2D eigenvalue weighted by Crippen LogP contribution is 2.19. The molecule has 20 heavy (non-hydrogen) atoms. The van der Waals surface area contributed by atoms with Gasteiger partial charge in [0.25, 0.3) is 0 Å². The summed E-state index contributed by atoms with van der Waals surface area (Å²) in [4.78, 5) is 23.0. The molecule has 0 aromatic rings. The molecule has 0 heterocycles. The molecular formula is C15H30N2O3. The van der Waals surface area contributed by atoms with E-state index in [1.54, 1.807) is 20.8 Å². The minimum atomic E-state index is -1.01. The van der Waals surface area contributed by atoms with Gasteiger partial charge in [-0.1, -0.05) is 53.9 Å². The summed E-state index contributed by atoms with van der Waals surface area (Å²) in [6, 6.07) is -1.29. The smallest absolute Gasteiger partial charge is 0.326 e. The summed E-state index contributed by atoms with van der Waals surface area (Å²) in [6.45, 7) is 10.2. The molecule has 0 saturated heterocycles. The number of urea groups is 1. The summed E-state index contributed by atoms with van der Waals surface area (Å²) in [6.07, 6.45) is 4.41. The SMILES string of the molecule is CCCCC(CC)CNC(=O)N[C@@H](C(=O)O)C(C)(C)C. The fraction of sp³-hybridized carbons (Fsp3) is 0.867. The van der Waals surface area contributed by atoms with Gasteiger partial charge in [0.05, 0.1) is 0 Å². The summed E-state index contributed by atoms with van der Waals surface area (Å²) in [7, 11) is 0. The van der Waals surface area contributed by atoms with Crippen molar-refractivity contribution in [3.63, 3.8) is 0 Å². The summed E-state index contributed by atoms with van der Waals surface area (Å²) in [5.41, 5.74) is -0.518. The van der Waals surface area contributed by atoms with Crippen molar-refractivity contribution in [3.05, 3.63) is 0 Å². The minimum Gasteiger partial charge on any atom is -0.480 e. The molecule has 0 aliphatic carbocycles. The van der Waals surface area contributed by atoms with E-state index in [1.165, 1.54) is 0 Å². The Morgan fingerprint density at radius 1 is 1.20 bits per heavy atom. The molecule has 1 unspecified atom stereocenters. The van der Waals surface area contributed by atoms with Gasteiger partial charge in [-0.15, -0.1) is 0 Å². The van der Waals surface area contributed by atoms with Crippen LogP contribution in [0.1, 0.15) is 60.3 Å². The molecule has 0 fully saturated rings. The van der Waals surface area contributed by atoms with E-state index < -0.39 is 23.5 Å². The van der Waals surface area contributed by atoms with Crippen LogP contribution in [0.4, 0.5) is 4.79 Å². The van der Waals surface area contributed by atoms with Crippen molar-refractivity contribution < 1.29 is 14.7 Å². The zero-order valence-corrected chi connectivity index (χ0v) is 13.5. The normalized spacial score (nSPS) is 14.4. The van der Waals surface area contributed by atoms with E-state index in [-0.39, 0.29) is 0 Å². The minimum absolute atomic E-state index is 0.401. The predicted octanol–water partition coefficient (Wildman–Crippen LogP) is 3.00. The molecule has 0 radical (unpaired) electrons. The van der Waals surface area contributed by atoms with Crippen LogP contribution in [-0.4, -0.2) is 29.7 Å². The van der Waals surface area contributed by atoms with Crippen LogP contribution in [0.25, 0.3) is 0 Å². The number of carbonyl (C=O) groups is 2. The number of amides is 2. The first kappa shape index (κ1) is 18.7. The third-order valence-corrected chi connectivity index (χ3v) is 3.48. The molecule has 0 aliphatic rings. The van der Waals surface area contributed by atoms with Gasteiger partial charge in [0, 0.05) is 6.54 Å². The van der Waals surface area contributed by atoms with Gasteiger partial charge >= 0.3 is 12.0 Å².